The molecule has 0 spiro atoms. The van der Waals surface area contributed by atoms with Crippen molar-refractivity contribution in [1.29, 1.82) is 0 Å². The van der Waals surface area contributed by atoms with Gasteiger partial charge < -0.3 is 24.3 Å². The van der Waals surface area contributed by atoms with Gasteiger partial charge in [-0.05, 0) is 18.2 Å². The SMILES string of the molecule is COCCN1C(=O)C(Nc2cc(OC)ccc2OC)=C(c2ccccc2OC)C1=O. The Morgan fingerprint density at radius 1 is 0.867 bits per heavy atom. The minimum Gasteiger partial charge on any atom is -0.497 e. The third kappa shape index (κ3) is 3.95. The van der Waals surface area contributed by atoms with Crippen LogP contribution in [0.4, 0.5) is 5.69 Å². The van der Waals surface area contributed by atoms with E-state index in [0.29, 0.717) is 28.5 Å². The molecule has 0 radical (unpaired) electrons. The zero-order valence-corrected chi connectivity index (χ0v) is 17.4. The molecule has 30 heavy (non-hydrogen) atoms. The van der Waals surface area contributed by atoms with Gasteiger partial charge in [0, 0.05) is 18.7 Å². The summed E-state index contributed by atoms with van der Waals surface area (Å²) in [5.41, 5.74) is 1.36. The number of ether oxygens (including phenoxy) is 4. The summed E-state index contributed by atoms with van der Waals surface area (Å²) in [6.45, 7) is 0.361. The van der Waals surface area contributed by atoms with Crippen molar-refractivity contribution in [1.82, 2.24) is 4.90 Å². The van der Waals surface area contributed by atoms with Gasteiger partial charge >= 0.3 is 0 Å². The summed E-state index contributed by atoms with van der Waals surface area (Å²) >= 11 is 0. The van der Waals surface area contributed by atoms with Gasteiger partial charge in [0.15, 0.2) is 0 Å². The molecule has 0 atom stereocenters. The van der Waals surface area contributed by atoms with E-state index in [-0.39, 0.29) is 24.4 Å². The largest absolute Gasteiger partial charge is 0.497 e. The molecule has 0 bridgehead atoms. The first-order valence-electron chi connectivity index (χ1n) is 9.27. The molecule has 0 unspecified atom stereocenters. The Kier molecular flexibility index (Phi) is 6.58. The Bertz CT molecular complexity index is 985. The van der Waals surface area contributed by atoms with E-state index in [2.05, 4.69) is 5.32 Å². The summed E-state index contributed by atoms with van der Waals surface area (Å²) in [6.07, 6.45) is 0. The molecule has 158 valence electrons. The first-order chi connectivity index (χ1) is 14.5. The van der Waals surface area contributed by atoms with Gasteiger partial charge in [-0.3, -0.25) is 14.5 Å². The fourth-order valence-corrected chi connectivity index (χ4v) is 3.23. The van der Waals surface area contributed by atoms with Crippen molar-refractivity contribution in [3.05, 3.63) is 53.7 Å². The number of imide groups is 1. The number of para-hydroxylation sites is 1. The smallest absolute Gasteiger partial charge is 0.278 e. The Balaban J connectivity index is 2.14. The van der Waals surface area contributed by atoms with Gasteiger partial charge in [0.25, 0.3) is 11.8 Å². The van der Waals surface area contributed by atoms with E-state index in [1.165, 1.54) is 21.3 Å². The highest BCUT2D eigenvalue weighted by Crippen LogP contribution is 2.37. The Labute approximate surface area is 175 Å². The molecular weight excluding hydrogens is 388 g/mol. The summed E-state index contributed by atoms with van der Waals surface area (Å²) in [6, 6.07) is 12.2. The van der Waals surface area contributed by atoms with Crippen molar-refractivity contribution in [2.24, 2.45) is 0 Å². The van der Waals surface area contributed by atoms with Crippen LogP contribution in [-0.4, -0.2) is 58.3 Å². The highest BCUT2D eigenvalue weighted by Gasteiger charge is 2.40. The fraction of sp³-hybridized carbons (Fsp3) is 0.273. The Morgan fingerprint density at radius 3 is 2.27 bits per heavy atom. The molecule has 1 heterocycles. The van der Waals surface area contributed by atoms with Crippen molar-refractivity contribution in [2.75, 3.05) is 46.9 Å². The maximum atomic E-state index is 13.2. The lowest BCUT2D eigenvalue weighted by Crippen LogP contribution is -2.35. The molecule has 1 N–H and O–H groups in total. The number of benzene rings is 2. The second-order valence-corrected chi connectivity index (χ2v) is 6.40. The highest BCUT2D eigenvalue weighted by molar-refractivity contribution is 6.37. The Hall–Kier alpha value is -3.52. The van der Waals surface area contributed by atoms with E-state index in [1.807, 2.05) is 0 Å². The second-order valence-electron chi connectivity index (χ2n) is 6.40. The number of anilines is 1. The van der Waals surface area contributed by atoms with Crippen LogP contribution >= 0.6 is 0 Å². The van der Waals surface area contributed by atoms with Gasteiger partial charge in [0.05, 0.1) is 45.7 Å². The summed E-state index contributed by atoms with van der Waals surface area (Å²) in [5, 5.41) is 3.09. The zero-order valence-electron chi connectivity index (χ0n) is 17.4. The quantitative estimate of drug-likeness (QED) is 0.634. The van der Waals surface area contributed by atoms with Crippen LogP contribution in [0.1, 0.15) is 5.56 Å². The summed E-state index contributed by atoms with van der Waals surface area (Å²) < 4.78 is 21.2. The highest BCUT2D eigenvalue weighted by atomic mass is 16.5. The van der Waals surface area contributed by atoms with Crippen LogP contribution < -0.4 is 19.5 Å². The number of hydrogen-bond acceptors (Lipinski definition) is 7. The molecule has 8 nitrogen and oxygen atoms in total. The minimum atomic E-state index is -0.456. The molecule has 0 aromatic heterocycles. The predicted molar refractivity (Wildman–Crippen MR) is 112 cm³/mol. The standard InChI is InChI=1S/C22H24N2O6/c1-27-12-11-24-21(25)19(15-7-5-6-8-17(15)29-3)20(22(24)26)23-16-13-14(28-2)9-10-18(16)30-4/h5-10,13,23H,11-12H2,1-4H3. The van der Waals surface area contributed by atoms with Gasteiger partial charge in [-0.25, -0.2) is 0 Å². The molecule has 2 aromatic carbocycles. The van der Waals surface area contributed by atoms with Crippen molar-refractivity contribution >= 4 is 23.1 Å². The van der Waals surface area contributed by atoms with Crippen molar-refractivity contribution in [3.63, 3.8) is 0 Å². The average Bonchev–Trinajstić information content (AvgIpc) is 3.01. The molecule has 0 saturated carbocycles. The minimum absolute atomic E-state index is 0.132. The Morgan fingerprint density at radius 2 is 1.60 bits per heavy atom. The number of amides is 2. The first kappa shape index (κ1) is 21.2. The molecule has 0 saturated heterocycles. The van der Waals surface area contributed by atoms with Crippen LogP contribution in [0.3, 0.4) is 0 Å². The van der Waals surface area contributed by atoms with E-state index >= 15 is 0 Å². The van der Waals surface area contributed by atoms with E-state index in [4.69, 9.17) is 18.9 Å². The molecule has 2 amide bonds. The van der Waals surface area contributed by atoms with Crippen molar-refractivity contribution in [2.45, 2.75) is 0 Å². The normalized spacial score (nSPS) is 13.7. The zero-order chi connectivity index (χ0) is 21.7. The summed E-state index contributed by atoms with van der Waals surface area (Å²) in [5.74, 6) is 0.678. The average molecular weight is 412 g/mol. The van der Waals surface area contributed by atoms with E-state index in [1.54, 1.807) is 49.6 Å². The van der Waals surface area contributed by atoms with Crippen LogP contribution in [0.2, 0.25) is 0 Å². The molecule has 3 rings (SSSR count). The van der Waals surface area contributed by atoms with Gasteiger partial charge in [-0.2, -0.15) is 0 Å². The van der Waals surface area contributed by atoms with Gasteiger partial charge in [-0.1, -0.05) is 18.2 Å². The third-order valence-electron chi connectivity index (χ3n) is 4.73. The molecule has 1 aliphatic rings. The maximum Gasteiger partial charge on any atom is 0.278 e. The number of methoxy groups -OCH3 is 4. The monoisotopic (exact) mass is 412 g/mol. The van der Waals surface area contributed by atoms with E-state index < -0.39 is 11.8 Å². The van der Waals surface area contributed by atoms with Crippen molar-refractivity contribution < 1.29 is 28.5 Å². The lowest BCUT2D eigenvalue weighted by atomic mass is 10.0. The summed E-state index contributed by atoms with van der Waals surface area (Å²) in [7, 11) is 6.10. The second kappa shape index (κ2) is 9.32. The molecule has 0 fully saturated rings. The van der Waals surface area contributed by atoms with Gasteiger partial charge in [-0.15, -0.1) is 0 Å². The number of rotatable bonds is 9. The van der Waals surface area contributed by atoms with E-state index in [0.717, 1.165) is 4.90 Å². The summed E-state index contributed by atoms with van der Waals surface area (Å²) in [4.78, 5) is 27.5. The molecule has 0 aliphatic carbocycles. The number of carbonyl (C=O) groups is 2. The van der Waals surface area contributed by atoms with Crippen LogP contribution in [0.15, 0.2) is 48.2 Å². The number of nitrogens with one attached hydrogen (secondary N) is 1. The molecular formula is C22H24N2O6. The van der Waals surface area contributed by atoms with E-state index in [9.17, 15) is 9.59 Å². The van der Waals surface area contributed by atoms with Gasteiger partial charge in [0.1, 0.15) is 22.9 Å². The van der Waals surface area contributed by atoms with Crippen LogP contribution in [0.25, 0.3) is 5.57 Å². The number of hydrogen-bond donors (Lipinski definition) is 1. The molecule has 1 aliphatic heterocycles. The van der Waals surface area contributed by atoms with Crippen molar-refractivity contribution in [3.8, 4) is 17.2 Å². The van der Waals surface area contributed by atoms with Crippen LogP contribution in [0, 0.1) is 0 Å². The lowest BCUT2D eigenvalue weighted by Gasteiger charge is -2.15. The van der Waals surface area contributed by atoms with Crippen LogP contribution in [-0.2, 0) is 14.3 Å². The predicted octanol–water partition coefficient (Wildman–Crippen LogP) is 2.55. The molecule has 2 aromatic rings. The maximum absolute atomic E-state index is 13.2. The van der Waals surface area contributed by atoms with Gasteiger partial charge in [0.2, 0.25) is 0 Å². The van der Waals surface area contributed by atoms with Crippen LogP contribution in [0.5, 0.6) is 17.2 Å². The molecule has 8 heteroatoms. The number of carbonyl (C=O) groups excluding carboxylic acids is 2. The third-order valence-corrected chi connectivity index (χ3v) is 4.73. The lowest BCUT2D eigenvalue weighted by molar-refractivity contribution is -0.137. The first-order valence-corrected chi connectivity index (χ1v) is 9.27. The fourth-order valence-electron chi connectivity index (χ4n) is 3.23. The topological polar surface area (TPSA) is 86.3 Å². The number of nitrogens with zero attached hydrogens (tertiary/aromatic N) is 1.